The minimum Gasteiger partial charge on any atom is -0.493 e. The van der Waals surface area contributed by atoms with E-state index in [4.69, 9.17) is 14.2 Å². The molecule has 0 aliphatic carbocycles. The van der Waals surface area contributed by atoms with Crippen molar-refractivity contribution in [3.63, 3.8) is 0 Å². The second-order valence-electron chi connectivity index (χ2n) is 4.15. The van der Waals surface area contributed by atoms with Crippen molar-refractivity contribution in [3.8, 4) is 5.75 Å². The van der Waals surface area contributed by atoms with Gasteiger partial charge in [-0.3, -0.25) is 0 Å². The Morgan fingerprint density at radius 3 is 2.69 bits per heavy atom. The van der Waals surface area contributed by atoms with E-state index < -0.39 is 5.79 Å². The highest BCUT2D eigenvalue weighted by atomic mass is 19.1. The van der Waals surface area contributed by atoms with Crippen molar-refractivity contribution in [2.24, 2.45) is 0 Å². The SMILES string of the molecule is Cc1cc(F)cc2c1OCCC21OCCO1. The Kier molecular flexibility index (Phi) is 2.16. The van der Waals surface area contributed by atoms with E-state index in [-0.39, 0.29) is 5.82 Å². The van der Waals surface area contributed by atoms with Crippen molar-refractivity contribution in [2.45, 2.75) is 19.1 Å². The monoisotopic (exact) mass is 224 g/mol. The Morgan fingerprint density at radius 2 is 1.94 bits per heavy atom. The first kappa shape index (κ1) is 10.1. The van der Waals surface area contributed by atoms with Gasteiger partial charge in [0.2, 0.25) is 5.79 Å². The third-order valence-electron chi connectivity index (χ3n) is 3.08. The zero-order valence-electron chi connectivity index (χ0n) is 9.09. The molecule has 1 spiro atoms. The number of aryl methyl sites for hydroxylation is 1. The Hall–Kier alpha value is -1.13. The minimum absolute atomic E-state index is 0.278. The molecule has 4 heteroatoms. The van der Waals surface area contributed by atoms with Gasteiger partial charge in [-0.2, -0.15) is 0 Å². The van der Waals surface area contributed by atoms with Crippen LogP contribution < -0.4 is 4.74 Å². The smallest absolute Gasteiger partial charge is 0.201 e. The topological polar surface area (TPSA) is 27.7 Å². The highest BCUT2D eigenvalue weighted by Crippen LogP contribution is 2.44. The summed E-state index contributed by atoms with van der Waals surface area (Å²) >= 11 is 0. The molecule has 3 rings (SSSR count). The summed E-state index contributed by atoms with van der Waals surface area (Å²) < 4.78 is 30.3. The number of ether oxygens (including phenoxy) is 3. The summed E-state index contributed by atoms with van der Waals surface area (Å²) in [5.74, 6) is -0.352. The van der Waals surface area contributed by atoms with Crippen LogP contribution in [0.3, 0.4) is 0 Å². The Bertz CT molecular complexity index is 425. The summed E-state index contributed by atoms with van der Waals surface area (Å²) in [6.45, 7) is 3.47. The number of fused-ring (bicyclic) bond motifs is 2. The van der Waals surface area contributed by atoms with Crippen molar-refractivity contribution >= 4 is 0 Å². The number of hydrogen-bond donors (Lipinski definition) is 0. The first-order chi connectivity index (χ1) is 7.71. The molecule has 0 amide bonds. The van der Waals surface area contributed by atoms with Gasteiger partial charge >= 0.3 is 0 Å². The maximum Gasteiger partial charge on any atom is 0.201 e. The molecule has 0 radical (unpaired) electrons. The van der Waals surface area contributed by atoms with Gasteiger partial charge in [0, 0.05) is 6.42 Å². The normalized spacial score (nSPS) is 21.9. The summed E-state index contributed by atoms with van der Waals surface area (Å²) in [7, 11) is 0. The highest BCUT2D eigenvalue weighted by Gasteiger charge is 2.44. The van der Waals surface area contributed by atoms with E-state index in [0.29, 0.717) is 37.6 Å². The zero-order chi connectivity index (χ0) is 11.2. The molecular formula is C12H13FO3. The van der Waals surface area contributed by atoms with Crippen LogP contribution in [0.5, 0.6) is 5.75 Å². The summed E-state index contributed by atoms with van der Waals surface area (Å²) in [4.78, 5) is 0. The molecule has 2 aliphatic heterocycles. The van der Waals surface area contributed by atoms with Gasteiger partial charge in [-0.15, -0.1) is 0 Å². The van der Waals surface area contributed by atoms with E-state index in [0.717, 1.165) is 5.56 Å². The molecule has 0 atom stereocenters. The second-order valence-corrected chi connectivity index (χ2v) is 4.15. The van der Waals surface area contributed by atoms with E-state index in [1.54, 1.807) is 0 Å². The molecule has 2 heterocycles. The molecule has 0 N–H and O–H groups in total. The average Bonchev–Trinajstić information content (AvgIpc) is 2.69. The van der Waals surface area contributed by atoms with E-state index >= 15 is 0 Å². The van der Waals surface area contributed by atoms with Gasteiger partial charge in [0.25, 0.3) is 0 Å². The molecule has 86 valence electrons. The van der Waals surface area contributed by atoms with Crippen LogP contribution in [-0.2, 0) is 15.3 Å². The number of halogens is 1. The average molecular weight is 224 g/mol. The van der Waals surface area contributed by atoms with E-state index in [2.05, 4.69) is 0 Å². The Labute approximate surface area is 93.1 Å². The van der Waals surface area contributed by atoms with Crippen LogP contribution in [0, 0.1) is 12.7 Å². The molecular weight excluding hydrogens is 211 g/mol. The summed E-state index contributed by atoms with van der Waals surface area (Å²) in [6.07, 6.45) is 0.614. The number of rotatable bonds is 0. The molecule has 16 heavy (non-hydrogen) atoms. The largest absolute Gasteiger partial charge is 0.493 e. The van der Waals surface area contributed by atoms with Crippen molar-refractivity contribution in [3.05, 3.63) is 29.1 Å². The van der Waals surface area contributed by atoms with Crippen LogP contribution in [-0.4, -0.2) is 19.8 Å². The Balaban J connectivity index is 2.17. The third kappa shape index (κ3) is 1.33. The lowest BCUT2D eigenvalue weighted by Crippen LogP contribution is -2.34. The lowest BCUT2D eigenvalue weighted by molar-refractivity contribution is -0.183. The fourth-order valence-electron chi connectivity index (χ4n) is 2.38. The fraction of sp³-hybridized carbons (Fsp3) is 0.500. The van der Waals surface area contributed by atoms with Crippen molar-refractivity contribution < 1.29 is 18.6 Å². The van der Waals surface area contributed by atoms with Crippen LogP contribution in [0.25, 0.3) is 0 Å². The van der Waals surface area contributed by atoms with E-state index in [1.165, 1.54) is 12.1 Å². The lowest BCUT2D eigenvalue weighted by Gasteiger charge is -2.34. The summed E-state index contributed by atoms with van der Waals surface area (Å²) in [5, 5.41) is 0. The fourth-order valence-corrected chi connectivity index (χ4v) is 2.38. The molecule has 1 fully saturated rings. The predicted octanol–water partition coefficient (Wildman–Crippen LogP) is 2.12. The summed E-state index contributed by atoms with van der Waals surface area (Å²) in [6, 6.07) is 2.92. The number of hydrogen-bond acceptors (Lipinski definition) is 3. The van der Waals surface area contributed by atoms with Gasteiger partial charge in [0.05, 0.1) is 25.4 Å². The molecule has 3 nitrogen and oxygen atoms in total. The van der Waals surface area contributed by atoms with Crippen molar-refractivity contribution in [1.29, 1.82) is 0 Å². The van der Waals surface area contributed by atoms with Gasteiger partial charge in [-0.1, -0.05) is 0 Å². The van der Waals surface area contributed by atoms with Gasteiger partial charge in [0.15, 0.2) is 0 Å². The van der Waals surface area contributed by atoms with E-state index in [1.807, 2.05) is 6.92 Å². The highest BCUT2D eigenvalue weighted by molar-refractivity contribution is 5.45. The molecule has 2 aliphatic rings. The summed E-state index contributed by atoms with van der Waals surface area (Å²) in [5.41, 5.74) is 1.47. The predicted molar refractivity (Wildman–Crippen MR) is 54.8 cm³/mol. The van der Waals surface area contributed by atoms with Crippen LogP contribution in [0.15, 0.2) is 12.1 Å². The van der Waals surface area contributed by atoms with Crippen LogP contribution in [0.1, 0.15) is 17.5 Å². The van der Waals surface area contributed by atoms with Gasteiger partial charge < -0.3 is 14.2 Å². The van der Waals surface area contributed by atoms with Gasteiger partial charge in [-0.05, 0) is 24.6 Å². The maximum absolute atomic E-state index is 13.4. The van der Waals surface area contributed by atoms with Crippen molar-refractivity contribution in [1.82, 2.24) is 0 Å². The van der Waals surface area contributed by atoms with E-state index in [9.17, 15) is 4.39 Å². The molecule has 0 bridgehead atoms. The molecule has 0 unspecified atom stereocenters. The molecule has 1 aromatic rings. The van der Waals surface area contributed by atoms with Crippen LogP contribution >= 0.6 is 0 Å². The van der Waals surface area contributed by atoms with Gasteiger partial charge in [-0.25, -0.2) is 4.39 Å². The minimum atomic E-state index is -0.777. The first-order valence-electron chi connectivity index (χ1n) is 5.43. The standard InChI is InChI=1S/C12H13FO3/c1-8-6-9(13)7-10-11(8)14-3-2-12(10)15-4-5-16-12/h6-7H,2-5H2,1H3. The lowest BCUT2D eigenvalue weighted by atomic mass is 9.96. The molecule has 1 saturated heterocycles. The van der Waals surface area contributed by atoms with Crippen LogP contribution in [0.2, 0.25) is 0 Å². The van der Waals surface area contributed by atoms with Gasteiger partial charge in [0.1, 0.15) is 11.6 Å². The molecule has 0 saturated carbocycles. The second kappa shape index (κ2) is 3.43. The number of benzene rings is 1. The zero-order valence-corrected chi connectivity index (χ0v) is 9.09. The molecule has 1 aromatic carbocycles. The molecule has 0 aromatic heterocycles. The third-order valence-corrected chi connectivity index (χ3v) is 3.08. The van der Waals surface area contributed by atoms with Crippen molar-refractivity contribution in [2.75, 3.05) is 19.8 Å². The quantitative estimate of drug-likeness (QED) is 0.675. The Morgan fingerprint density at radius 1 is 1.19 bits per heavy atom. The maximum atomic E-state index is 13.4. The van der Waals surface area contributed by atoms with Crippen LogP contribution in [0.4, 0.5) is 4.39 Å². The first-order valence-corrected chi connectivity index (χ1v) is 5.43.